The Hall–Kier alpha value is -2.71. The molecule has 2 aromatic rings. The molecule has 0 amide bonds. The highest BCUT2D eigenvalue weighted by Gasteiger charge is 2.24. The third-order valence-corrected chi connectivity index (χ3v) is 2.50. The van der Waals surface area contributed by atoms with Crippen molar-refractivity contribution in [2.24, 2.45) is 0 Å². The molecule has 0 saturated carbocycles. The van der Waals surface area contributed by atoms with Crippen molar-refractivity contribution in [2.75, 3.05) is 0 Å². The van der Waals surface area contributed by atoms with E-state index in [1.165, 1.54) is 4.68 Å². The highest BCUT2D eigenvalue weighted by Crippen LogP contribution is 2.16. The summed E-state index contributed by atoms with van der Waals surface area (Å²) in [7, 11) is 0. The zero-order valence-electron chi connectivity index (χ0n) is 9.84. The minimum Gasteiger partial charge on any atom is -0.476 e. The summed E-state index contributed by atoms with van der Waals surface area (Å²) in [5.41, 5.74) is -1.03. The molecule has 0 radical (unpaired) electrons. The Balaban J connectivity index is 2.02. The molecule has 0 atom stereocenters. The van der Waals surface area contributed by atoms with E-state index in [-0.39, 0.29) is 0 Å². The van der Waals surface area contributed by atoms with Crippen LogP contribution in [0.3, 0.4) is 0 Å². The zero-order valence-corrected chi connectivity index (χ0v) is 9.84. The minimum atomic E-state index is -1.40. The molecule has 0 aliphatic carbocycles. The number of nitrogens with zero attached hydrogens (tertiary/aromatic N) is 5. The van der Waals surface area contributed by atoms with Gasteiger partial charge in [-0.05, 0) is 6.42 Å². The molecule has 2 aromatic heterocycles. The summed E-state index contributed by atoms with van der Waals surface area (Å²) >= 11 is 0. The molecule has 9 heteroatoms. The summed E-state index contributed by atoms with van der Waals surface area (Å²) in [4.78, 5) is 24.6. The van der Waals surface area contributed by atoms with Crippen LogP contribution in [0.5, 0.6) is 0 Å². The monoisotopic (exact) mass is 265 g/mol. The van der Waals surface area contributed by atoms with Crippen LogP contribution in [-0.4, -0.2) is 35.3 Å². The van der Waals surface area contributed by atoms with Gasteiger partial charge in [-0.15, -0.1) is 0 Å². The van der Waals surface area contributed by atoms with Crippen LogP contribution in [0, 0.1) is 10.1 Å². The van der Waals surface area contributed by atoms with Crippen LogP contribution in [0.15, 0.2) is 24.9 Å². The first-order valence-corrected chi connectivity index (χ1v) is 5.49. The largest absolute Gasteiger partial charge is 0.476 e. The van der Waals surface area contributed by atoms with E-state index in [4.69, 9.17) is 5.11 Å². The number of hydrogen-bond acceptors (Lipinski definition) is 5. The van der Waals surface area contributed by atoms with Crippen molar-refractivity contribution < 1.29 is 14.8 Å². The molecule has 0 bridgehead atoms. The summed E-state index contributed by atoms with van der Waals surface area (Å²) < 4.78 is 3.13. The number of imidazole rings is 1. The van der Waals surface area contributed by atoms with E-state index in [1.54, 1.807) is 18.7 Å². The molecule has 100 valence electrons. The molecule has 0 saturated heterocycles. The number of aromatic nitrogens is 4. The van der Waals surface area contributed by atoms with Crippen LogP contribution in [-0.2, 0) is 13.1 Å². The summed E-state index contributed by atoms with van der Waals surface area (Å²) in [6.07, 6.45) is 6.91. The maximum atomic E-state index is 10.8. The number of nitro groups is 1. The van der Waals surface area contributed by atoms with Crippen LogP contribution in [0.25, 0.3) is 0 Å². The highest BCUT2D eigenvalue weighted by molar-refractivity contribution is 5.89. The van der Waals surface area contributed by atoms with Gasteiger partial charge in [-0.2, -0.15) is 5.10 Å². The average Bonchev–Trinajstić information content (AvgIpc) is 2.97. The molecule has 0 spiro atoms. The smallest absolute Gasteiger partial charge is 0.363 e. The standard InChI is InChI=1S/C10H11N5O4/c16-10(17)9-8(15(18)19)6-14(12-9)4-1-3-13-5-2-11-7-13/h2,5-7H,1,3-4H2,(H,16,17). The van der Waals surface area contributed by atoms with Crippen molar-refractivity contribution >= 4 is 11.7 Å². The summed E-state index contributed by atoms with van der Waals surface area (Å²) in [5, 5.41) is 23.2. The van der Waals surface area contributed by atoms with Gasteiger partial charge >= 0.3 is 11.7 Å². The number of carboxylic acid groups (broad SMARTS) is 1. The van der Waals surface area contributed by atoms with E-state index in [9.17, 15) is 14.9 Å². The zero-order chi connectivity index (χ0) is 13.8. The van der Waals surface area contributed by atoms with E-state index >= 15 is 0 Å². The predicted molar refractivity (Wildman–Crippen MR) is 62.7 cm³/mol. The second-order valence-electron chi connectivity index (χ2n) is 3.84. The summed E-state index contributed by atoms with van der Waals surface area (Å²) in [6, 6.07) is 0. The Kier molecular flexibility index (Phi) is 3.55. The SMILES string of the molecule is O=C(O)c1nn(CCCn2ccnc2)cc1[N+](=O)[O-]. The van der Waals surface area contributed by atoms with Gasteiger partial charge in [0.25, 0.3) is 0 Å². The lowest BCUT2D eigenvalue weighted by atomic mass is 10.4. The average molecular weight is 265 g/mol. The van der Waals surface area contributed by atoms with Crippen LogP contribution >= 0.6 is 0 Å². The number of aromatic carboxylic acids is 1. The fourth-order valence-corrected chi connectivity index (χ4v) is 1.65. The number of carboxylic acids is 1. The van der Waals surface area contributed by atoms with Crippen molar-refractivity contribution in [3.63, 3.8) is 0 Å². The van der Waals surface area contributed by atoms with E-state index in [0.717, 1.165) is 6.20 Å². The van der Waals surface area contributed by atoms with E-state index < -0.39 is 22.3 Å². The Bertz CT molecular complexity index is 558. The summed E-state index contributed by atoms with van der Waals surface area (Å²) in [6.45, 7) is 1.07. The molecule has 19 heavy (non-hydrogen) atoms. The molecular formula is C10H11N5O4. The van der Waals surface area contributed by atoms with Gasteiger partial charge in [0.05, 0.1) is 11.3 Å². The highest BCUT2D eigenvalue weighted by atomic mass is 16.6. The van der Waals surface area contributed by atoms with Gasteiger partial charge in [0.2, 0.25) is 5.69 Å². The number of carbonyl (C=O) groups is 1. The molecule has 0 aliphatic rings. The lowest BCUT2D eigenvalue weighted by Gasteiger charge is -2.01. The van der Waals surface area contributed by atoms with Crippen molar-refractivity contribution in [1.29, 1.82) is 0 Å². The summed E-state index contributed by atoms with van der Waals surface area (Å²) in [5.74, 6) is -1.40. The molecule has 1 N–H and O–H groups in total. The number of aryl methyl sites for hydroxylation is 2. The molecule has 0 aliphatic heterocycles. The Morgan fingerprint density at radius 2 is 2.26 bits per heavy atom. The van der Waals surface area contributed by atoms with Crippen LogP contribution in [0.1, 0.15) is 16.9 Å². The van der Waals surface area contributed by atoms with Gasteiger partial charge < -0.3 is 9.67 Å². The third-order valence-electron chi connectivity index (χ3n) is 2.50. The van der Waals surface area contributed by atoms with Crippen molar-refractivity contribution in [3.05, 3.63) is 40.7 Å². The Morgan fingerprint density at radius 3 is 2.79 bits per heavy atom. The molecule has 2 rings (SSSR count). The van der Waals surface area contributed by atoms with Crippen LogP contribution in [0.4, 0.5) is 5.69 Å². The molecule has 2 heterocycles. The lowest BCUT2D eigenvalue weighted by Crippen LogP contribution is -2.05. The Labute approximate surface area is 107 Å². The predicted octanol–water partition coefficient (Wildman–Crippen LogP) is 0.776. The van der Waals surface area contributed by atoms with E-state index in [1.807, 2.05) is 4.57 Å². The fourth-order valence-electron chi connectivity index (χ4n) is 1.65. The van der Waals surface area contributed by atoms with Gasteiger partial charge in [0, 0.05) is 25.5 Å². The number of hydrogen-bond donors (Lipinski definition) is 1. The fraction of sp³-hybridized carbons (Fsp3) is 0.300. The quantitative estimate of drug-likeness (QED) is 0.609. The first-order chi connectivity index (χ1) is 9.08. The van der Waals surface area contributed by atoms with Crippen molar-refractivity contribution in [1.82, 2.24) is 19.3 Å². The first-order valence-electron chi connectivity index (χ1n) is 5.49. The second-order valence-corrected chi connectivity index (χ2v) is 3.84. The van der Waals surface area contributed by atoms with Gasteiger partial charge in [-0.1, -0.05) is 0 Å². The molecule has 9 nitrogen and oxygen atoms in total. The number of rotatable bonds is 6. The molecule has 0 aromatic carbocycles. The van der Waals surface area contributed by atoms with E-state index in [2.05, 4.69) is 10.1 Å². The third kappa shape index (κ3) is 2.94. The maximum Gasteiger partial charge on any atom is 0.363 e. The van der Waals surface area contributed by atoms with Gasteiger partial charge in [-0.25, -0.2) is 9.78 Å². The molecular weight excluding hydrogens is 254 g/mol. The maximum absolute atomic E-state index is 10.8. The van der Waals surface area contributed by atoms with Crippen LogP contribution in [0.2, 0.25) is 0 Å². The van der Waals surface area contributed by atoms with Crippen molar-refractivity contribution in [2.45, 2.75) is 19.5 Å². The first kappa shape index (κ1) is 12.7. The van der Waals surface area contributed by atoms with Crippen LogP contribution < -0.4 is 0 Å². The van der Waals surface area contributed by atoms with Crippen molar-refractivity contribution in [3.8, 4) is 0 Å². The van der Waals surface area contributed by atoms with Gasteiger partial charge in [0.15, 0.2) is 0 Å². The Morgan fingerprint density at radius 1 is 1.47 bits per heavy atom. The van der Waals surface area contributed by atoms with Gasteiger partial charge in [0.1, 0.15) is 6.20 Å². The topological polar surface area (TPSA) is 116 Å². The second kappa shape index (κ2) is 5.29. The minimum absolute atomic E-state index is 0.395. The normalized spacial score (nSPS) is 10.5. The molecule has 0 unspecified atom stereocenters. The van der Waals surface area contributed by atoms with Gasteiger partial charge in [-0.3, -0.25) is 14.8 Å². The van der Waals surface area contributed by atoms with E-state index in [0.29, 0.717) is 19.5 Å². The molecule has 0 fully saturated rings. The lowest BCUT2D eigenvalue weighted by molar-refractivity contribution is -0.385.